The number of carbonyl (C=O) groups excluding carboxylic acids is 2. The Bertz CT molecular complexity index is 937. The Morgan fingerprint density at radius 1 is 0.900 bits per heavy atom. The lowest BCUT2D eigenvalue weighted by Gasteiger charge is -2.28. The van der Waals surface area contributed by atoms with Crippen LogP contribution in [0.5, 0.6) is 0 Å². The molecule has 7 heteroatoms. The zero-order valence-corrected chi connectivity index (χ0v) is 18.3. The lowest BCUT2D eigenvalue weighted by Crippen LogP contribution is -2.40. The quantitative estimate of drug-likeness (QED) is 0.407. The molecular weight excluding hydrogens is 423 g/mol. The number of halogens is 2. The third kappa shape index (κ3) is 3.82. The lowest BCUT2D eigenvalue weighted by atomic mass is 9.92. The molecule has 0 N–H and O–H groups in total. The number of rotatable bonds is 7. The van der Waals surface area contributed by atoms with Crippen LogP contribution >= 0.6 is 23.2 Å². The SMILES string of the molecule is CCCCCC[C@@H]1[C@H]2C(=O)N(c3ccccc3)C(=O)[C@@H]2ON1c1ccc(Cl)c(Cl)c1. The first kappa shape index (κ1) is 21.2. The van der Waals surface area contributed by atoms with Crippen molar-refractivity contribution in [2.24, 2.45) is 5.92 Å². The molecule has 3 atom stereocenters. The van der Waals surface area contributed by atoms with Crippen LogP contribution in [-0.2, 0) is 14.4 Å². The second kappa shape index (κ2) is 8.96. The number of hydroxylamine groups is 1. The molecule has 0 unspecified atom stereocenters. The van der Waals surface area contributed by atoms with Crippen LogP contribution < -0.4 is 9.96 Å². The summed E-state index contributed by atoms with van der Waals surface area (Å²) in [4.78, 5) is 33.8. The summed E-state index contributed by atoms with van der Waals surface area (Å²) < 4.78 is 0. The van der Waals surface area contributed by atoms with Gasteiger partial charge in [0.05, 0.1) is 33.4 Å². The predicted octanol–water partition coefficient (Wildman–Crippen LogP) is 5.64. The van der Waals surface area contributed by atoms with Crippen molar-refractivity contribution in [2.45, 2.75) is 51.2 Å². The van der Waals surface area contributed by atoms with E-state index in [1.807, 2.05) is 18.2 Å². The van der Waals surface area contributed by atoms with Gasteiger partial charge >= 0.3 is 0 Å². The van der Waals surface area contributed by atoms with Crippen LogP contribution in [0, 0.1) is 5.92 Å². The van der Waals surface area contributed by atoms with Gasteiger partial charge in [0.15, 0.2) is 6.10 Å². The summed E-state index contributed by atoms with van der Waals surface area (Å²) in [6.07, 6.45) is 4.21. The van der Waals surface area contributed by atoms with Crippen molar-refractivity contribution >= 4 is 46.4 Å². The number of hydrogen-bond donors (Lipinski definition) is 0. The number of imide groups is 1. The van der Waals surface area contributed by atoms with Crippen LogP contribution in [0.3, 0.4) is 0 Å². The lowest BCUT2D eigenvalue weighted by molar-refractivity contribution is -0.126. The fourth-order valence-corrected chi connectivity index (χ4v) is 4.57. The van der Waals surface area contributed by atoms with Gasteiger partial charge in [-0.15, -0.1) is 0 Å². The third-order valence-corrected chi connectivity index (χ3v) is 6.50. The van der Waals surface area contributed by atoms with Crippen molar-refractivity contribution < 1.29 is 14.4 Å². The standard InChI is InChI=1S/C23H24Cl2N2O3/c1-2-3-4-8-11-19-20-21(30-27(19)16-12-13-17(24)18(25)14-16)23(29)26(22(20)28)15-9-6-5-7-10-15/h5-7,9-10,12-14,19-21H,2-4,8,11H2,1H3/t19-,20-,21-/m1/s1. The number of nitrogens with zero attached hydrogens (tertiary/aromatic N) is 2. The van der Waals surface area contributed by atoms with E-state index in [1.54, 1.807) is 35.4 Å². The number of carbonyl (C=O) groups is 2. The Morgan fingerprint density at radius 2 is 1.67 bits per heavy atom. The van der Waals surface area contributed by atoms with Crippen LogP contribution in [0.25, 0.3) is 0 Å². The van der Waals surface area contributed by atoms with Gasteiger partial charge in [-0.05, 0) is 36.8 Å². The Morgan fingerprint density at radius 3 is 2.37 bits per heavy atom. The topological polar surface area (TPSA) is 49.9 Å². The van der Waals surface area contributed by atoms with Gasteiger partial charge in [0, 0.05) is 0 Å². The summed E-state index contributed by atoms with van der Waals surface area (Å²) in [7, 11) is 0. The molecule has 0 bridgehead atoms. The first-order chi connectivity index (χ1) is 14.5. The normalized spacial score (nSPS) is 23.4. The average Bonchev–Trinajstić information content (AvgIpc) is 3.24. The number of fused-ring (bicyclic) bond motifs is 1. The fraction of sp³-hybridized carbons (Fsp3) is 0.391. The second-order valence-corrected chi connectivity index (χ2v) is 8.55. The van der Waals surface area contributed by atoms with Crippen molar-refractivity contribution in [3.05, 3.63) is 58.6 Å². The third-order valence-electron chi connectivity index (χ3n) is 5.76. The highest BCUT2D eigenvalue weighted by Gasteiger charge is 2.59. The van der Waals surface area contributed by atoms with E-state index in [0.29, 0.717) is 21.4 Å². The molecule has 2 aromatic carbocycles. The van der Waals surface area contributed by atoms with Crippen molar-refractivity contribution in [1.29, 1.82) is 0 Å². The number of benzene rings is 2. The van der Waals surface area contributed by atoms with Gasteiger partial charge in [0.2, 0.25) is 5.91 Å². The van der Waals surface area contributed by atoms with E-state index in [-0.39, 0.29) is 17.9 Å². The Balaban J connectivity index is 1.64. The summed E-state index contributed by atoms with van der Waals surface area (Å²) in [5.41, 5.74) is 1.28. The van der Waals surface area contributed by atoms with Gasteiger partial charge in [-0.2, -0.15) is 0 Å². The molecule has 0 aliphatic carbocycles. The van der Waals surface area contributed by atoms with E-state index in [1.165, 1.54) is 4.90 Å². The Hall–Kier alpha value is -2.08. The van der Waals surface area contributed by atoms with Crippen molar-refractivity contribution in [3.8, 4) is 0 Å². The Labute approximate surface area is 186 Å². The molecule has 2 heterocycles. The highest BCUT2D eigenvalue weighted by molar-refractivity contribution is 6.42. The van der Waals surface area contributed by atoms with E-state index >= 15 is 0 Å². The largest absolute Gasteiger partial charge is 0.273 e. The summed E-state index contributed by atoms with van der Waals surface area (Å²) in [6.45, 7) is 2.16. The molecule has 2 saturated heterocycles. The molecule has 4 rings (SSSR count). The van der Waals surface area contributed by atoms with Crippen molar-refractivity contribution in [1.82, 2.24) is 0 Å². The van der Waals surface area contributed by atoms with Crippen LogP contribution in [-0.4, -0.2) is 24.0 Å². The van der Waals surface area contributed by atoms with Gasteiger partial charge in [0.25, 0.3) is 5.91 Å². The molecule has 0 spiro atoms. The van der Waals surface area contributed by atoms with Gasteiger partial charge in [-0.25, -0.2) is 9.96 Å². The van der Waals surface area contributed by atoms with Gasteiger partial charge in [-0.1, -0.05) is 74.0 Å². The molecule has 2 aliphatic rings. The predicted molar refractivity (Wildman–Crippen MR) is 119 cm³/mol. The maximum Gasteiger partial charge on any atom is 0.266 e. The van der Waals surface area contributed by atoms with Crippen LogP contribution in [0.15, 0.2) is 48.5 Å². The molecule has 2 aliphatic heterocycles. The summed E-state index contributed by atoms with van der Waals surface area (Å²) in [5.74, 6) is -1.08. The monoisotopic (exact) mass is 446 g/mol. The zero-order chi connectivity index (χ0) is 21.3. The van der Waals surface area contributed by atoms with Crippen LogP contribution in [0.4, 0.5) is 11.4 Å². The fourth-order valence-electron chi connectivity index (χ4n) is 4.27. The Kier molecular flexibility index (Phi) is 6.32. The van der Waals surface area contributed by atoms with Crippen molar-refractivity contribution in [3.63, 3.8) is 0 Å². The molecule has 2 fully saturated rings. The molecule has 0 radical (unpaired) electrons. The summed E-state index contributed by atoms with van der Waals surface area (Å²) in [6, 6.07) is 14.0. The molecule has 30 heavy (non-hydrogen) atoms. The van der Waals surface area contributed by atoms with Gasteiger partial charge in [0.1, 0.15) is 0 Å². The molecule has 0 aromatic heterocycles. The highest BCUT2D eigenvalue weighted by atomic mass is 35.5. The van der Waals surface area contributed by atoms with E-state index in [0.717, 1.165) is 32.1 Å². The van der Waals surface area contributed by atoms with E-state index < -0.39 is 12.0 Å². The number of hydrogen-bond acceptors (Lipinski definition) is 4. The summed E-state index contributed by atoms with van der Waals surface area (Å²) in [5, 5.41) is 2.55. The van der Waals surface area contributed by atoms with Gasteiger partial charge in [-0.3, -0.25) is 14.4 Å². The first-order valence-corrected chi connectivity index (χ1v) is 11.1. The van der Waals surface area contributed by atoms with E-state index in [9.17, 15) is 9.59 Å². The minimum absolute atomic E-state index is 0.209. The zero-order valence-electron chi connectivity index (χ0n) is 16.8. The molecule has 5 nitrogen and oxygen atoms in total. The number of para-hydroxylation sites is 1. The highest BCUT2D eigenvalue weighted by Crippen LogP contribution is 2.43. The smallest absolute Gasteiger partial charge is 0.266 e. The summed E-state index contributed by atoms with van der Waals surface area (Å²) >= 11 is 12.3. The van der Waals surface area contributed by atoms with Crippen LogP contribution in [0.1, 0.15) is 39.0 Å². The van der Waals surface area contributed by atoms with Crippen LogP contribution in [0.2, 0.25) is 10.0 Å². The molecule has 0 saturated carbocycles. The van der Waals surface area contributed by atoms with Crippen molar-refractivity contribution in [2.75, 3.05) is 9.96 Å². The second-order valence-electron chi connectivity index (χ2n) is 7.74. The average molecular weight is 447 g/mol. The molecular formula is C23H24Cl2N2O3. The number of unbranched alkanes of at least 4 members (excludes halogenated alkanes) is 3. The van der Waals surface area contributed by atoms with Gasteiger partial charge < -0.3 is 0 Å². The first-order valence-electron chi connectivity index (χ1n) is 10.4. The molecule has 158 valence electrons. The van der Waals surface area contributed by atoms with E-state index in [4.69, 9.17) is 28.0 Å². The minimum atomic E-state index is -0.830. The molecule has 2 aromatic rings. The maximum absolute atomic E-state index is 13.3. The minimum Gasteiger partial charge on any atom is -0.273 e. The molecule has 2 amide bonds. The number of amides is 2. The van der Waals surface area contributed by atoms with E-state index in [2.05, 4.69) is 6.92 Å². The maximum atomic E-state index is 13.3. The number of anilines is 2.